The van der Waals surface area contributed by atoms with Gasteiger partial charge < -0.3 is 19.5 Å². The van der Waals surface area contributed by atoms with Crippen molar-refractivity contribution in [2.24, 2.45) is 0 Å². The number of likely N-dealkylation sites (N-methyl/N-ethyl adjacent to an activating group) is 1. The van der Waals surface area contributed by atoms with Crippen LogP contribution in [0, 0.1) is 6.92 Å². The van der Waals surface area contributed by atoms with E-state index in [1.54, 1.807) is 12.1 Å². The molecule has 5 nitrogen and oxygen atoms in total. The lowest BCUT2D eigenvalue weighted by Gasteiger charge is -2.35. The van der Waals surface area contributed by atoms with Crippen molar-refractivity contribution in [3.63, 3.8) is 0 Å². The molecule has 0 unspecified atom stereocenters. The summed E-state index contributed by atoms with van der Waals surface area (Å²) < 4.78 is 5.84. The number of carbonyl (C=O) groups is 1. The van der Waals surface area contributed by atoms with Gasteiger partial charge in [0.2, 0.25) is 0 Å². The number of nitrogens with zero attached hydrogens (tertiary/aromatic N) is 2. The number of rotatable bonds is 4. The monoisotopic (exact) mass is 391 g/mol. The fourth-order valence-corrected chi connectivity index (χ4v) is 3.23. The number of piperazine rings is 1. The van der Waals surface area contributed by atoms with Crippen molar-refractivity contribution >= 4 is 33.2 Å². The van der Waals surface area contributed by atoms with Gasteiger partial charge in [-0.2, -0.15) is 0 Å². The van der Waals surface area contributed by atoms with Gasteiger partial charge in [-0.25, -0.2) is 0 Å². The SMILES string of the molecule is CCN1CCN(c2ccc(NC(=O)c3ccc(Br)o3)c(C)c2)CC1. The highest BCUT2D eigenvalue weighted by Gasteiger charge is 2.17. The lowest BCUT2D eigenvalue weighted by molar-refractivity contribution is 0.0995. The van der Waals surface area contributed by atoms with Gasteiger partial charge in [-0.15, -0.1) is 0 Å². The summed E-state index contributed by atoms with van der Waals surface area (Å²) in [6.45, 7) is 9.61. The van der Waals surface area contributed by atoms with Crippen LogP contribution in [0.4, 0.5) is 11.4 Å². The molecule has 128 valence electrons. The first-order chi connectivity index (χ1) is 11.6. The Bertz CT molecular complexity index is 721. The number of aryl methyl sites for hydroxylation is 1. The Morgan fingerprint density at radius 3 is 2.54 bits per heavy atom. The Balaban J connectivity index is 1.67. The minimum atomic E-state index is -0.242. The summed E-state index contributed by atoms with van der Waals surface area (Å²) in [5, 5.41) is 2.91. The summed E-state index contributed by atoms with van der Waals surface area (Å²) in [5.41, 5.74) is 3.06. The summed E-state index contributed by atoms with van der Waals surface area (Å²) in [5.74, 6) is 0.0501. The minimum absolute atomic E-state index is 0.242. The number of benzene rings is 1. The normalized spacial score (nSPS) is 15.5. The van der Waals surface area contributed by atoms with Crippen LogP contribution in [0.3, 0.4) is 0 Å². The smallest absolute Gasteiger partial charge is 0.291 e. The van der Waals surface area contributed by atoms with Crippen LogP contribution in [0.1, 0.15) is 23.0 Å². The van der Waals surface area contributed by atoms with Crippen LogP contribution in [0.2, 0.25) is 0 Å². The second-order valence-electron chi connectivity index (χ2n) is 5.98. The molecular weight excluding hydrogens is 370 g/mol. The van der Waals surface area contributed by atoms with Crippen molar-refractivity contribution in [1.82, 2.24) is 4.90 Å². The molecular formula is C18H22BrN3O2. The molecule has 24 heavy (non-hydrogen) atoms. The standard InChI is InChI=1S/C18H22BrN3O2/c1-3-21-8-10-22(11-9-21)14-4-5-15(13(2)12-14)20-18(23)16-6-7-17(19)24-16/h4-7,12H,3,8-11H2,1-2H3,(H,20,23). The first kappa shape index (κ1) is 17.0. The van der Waals surface area contributed by atoms with Crippen molar-refractivity contribution in [2.75, 3.05) is 42.9 Å². The van der Waals surface area contributed by atoms with Crippen molar-refractivity contribution in [2.45, 2.75) is 13.8 Å². The fraction of sp³-hybridized carbons (Fsp3) is 0.389. The third-order valence-corrected chi connectivity index (χ3v) is 4.87. The molecule has 1 aromatic carbocycles. The molecule has 0 saturated carbocycles. The van der Waals surface area contributed by atoms with E-state index in [1.165, 1.54) is 5.69 Å². The molecule has 1 aliphatic heterocycles. The summed E-state index contributed by atoms with van der Waals surface area (Å²) in [4.78, 5) is 17.0. The molecule has 0 radical (unpaired) electrons. The number of carbonyl (C=O) groups excluding carboxylic acids is 1. The maximum Gasteiger partial charge on any atom is 0.291 e. The molecule has 0 aliphatic carbocycles. The van der Waals surface area contributed by atoms with E-state index in [0.717, 1.165) is 44.0 Å². The highest BCUT2D eigenvalue weighted by molar-refractivity contribution is 9.10. The zero-order valence-electron chi connectivity index (χ0n) is 14.0. The number of hydrogen-bond acceptors (Lipinski definition) is 4. The van der Waals surface area contributed by atoms with E-state index < -0.39 is 0 Å². The van der Waals surface area contributed by atoms with Crippen molar-refractivity contribution in [3.8, 4) is 0 Å². The highest BCUT2D eigenvalue weighted by atomic mass is 79.9. The Morgan fingerprint density at radius 2 is 1.96 bits per heavy atom. The molecule has 1 aliphatic rings. The summed E-state index contributed by atoms with van der Waals surface area (Å²) >= 11 is 3.21. The van der Waals surface area contributed by atoms with Crippen LogP contribution < -0.4 is 10.2 Å². The molecule has 6 heteroatoms. The summed E-state index contributed by atoms with van der Waals surface area (Å²) in [7, 11) is 0. The highest BCUT2D eigenvalue weighted by Crippen LogP contribution is 2.24. The first-order valence-corrected chi connectivity index (χ1v) is 9.00. The number of nitrogens with one attached hydrogen (secondary N) is 1. The molecule has 3 rings (SSSR count). The minimum Gasteiger partial charge on any atom is -0.444 e. The van der Waals surface area contributed by atoms with Crippen LogP contribution in [-0.4, -0.2) is 43.5 Å². The number of hydrogen-bond donors (Lipinski definition) is 1. The Kier molecular flexibility index (Phi) is 5.26. The average molecular weight is 392 g/mol. The largest absolute Gasteiger partial charge is 0.444 e. The maximum atomic E-state index is 12.2. The van der Waals surface area contributed by atoms with E-state index in [1.807, 2.05) is 13.0 Å². The summed E-state index contributed by atoms with van der Waals surface area (Å²) in [6.07, 6.45) is 0. The molecule has 1 aromatic heterocycles. The van der Waals surface area contributed by atoms with Gasteiger partial charge >= 0.3 is 0 Å². The van der Waals surface area contributed by atoms with Crippen LogP contribution in [0.25, 0.3) is 0 Å². The predicted octanol–water partition coefficient (Wildman–Crippen LogP) is 3.74. The second kappa shape index (κ2) is 7.40. The average Bonchev–Trinajstić information content (AvgIpc) is 3.03. The van der Waals surface area contributed by atoms with E-state index in [-0.39, 0.29) is 5.91 Å². The Labute approximate surface area is 150 Å². The van der Waals surface area contributed by atoms with Crippen molar-refractivity contribution in [1.29, 1.82) is 0 Å². The van der Waals surface area contributed by atoms with E-state index in [0.29, 0.717) is 10.4 Å². The molecule has 1 amide bonds. The lowest BCUT2D eigenvalue weighted by atomic mass is 10.1. The molecule has 0 spiro atoms. The quantitative estimate of drug-likeness (QED) is 0.861. The van der Waals surface area contributed by atoms with E-state index >= 15 is 0 Å². The number of furan rings is 1. The van der Waals surface area contributed by atoms with E-state index in [9.17, 15) is 4.79 Å². The fourth-order valence-electron chi connectivity index (χ4n) is 2.93. The van der Waals surface area contributed by atoms with Gasteiger partial charge in [-0.05, 0) is 65.3 Å². The van der Waals surface area contributed by atoms with Gasteiger partial charge in [0.1, 0.15) is 0 Å². The van der Waals surface area contributed by atoms with E-state index in [4.69, 9.17) is 4.42 Å². The maximum absolute atomic E-state index is 12.2. The zero-order valence-corrected chi connectivity index (χ0v) is 15.6. The lowest BCUT2D eigenvalue weighted by Crippen LogP contribution is -2.46. The van der Waals surface area contributed by atoms with Gasteiger partial charge in [0.15, 0.2) is 10.4 Å². The van der Waals surface area contributed by atoms with Gasteiger partial charge in [0.05, 0.1) is 0 Å². The number of halogens is 1. The molecule has 1 fully saturated rings. The van der Waals surface area contributed by atoms with Crippen LogP contribution >= 0.6 is 15.9 Å². The van der Waals surface area contributed by atoms with Crippen LogP contribution in [-0.2, 0) is 0 Å². The van der Waals surface area contributed by atoms with E-state index in [2.05, 4.69) is 50.1 Å². The number of anilines is 2. The zero-order chi connectivity index (χ0) is 17.1. The predicted molar refractivity (Wildman–Crippen MR) is 99.9 cm³/mol. The molecule has 1 saturated heterocycles. The van der Waals surface area contributed by atoms with Gasteiger partial charge in [-0.1, -0.05) is 6.92 Å². The third kappa shape index (κ3) is 3.82. The van der Waals surface area contributed by atoms with Gasteiger partial charge in [0, 0.05) is 37.6 Å². The molecule has 0 bridgehead atoms. The van der Waals surface area contributed by atoms with Gasteiger partial charge in [-0.3, -0.25) is 4.79 Å². The van der Waals surface area contributed by atoms with Crippen molar-refractivity contribution in [3.05, 3.63) is 46.3 Å². The molecule has 2 aromatic rings. The molecule has 0 atom stereocenters. The first-order valence-electron chi connectivity index (χ1n) is 8.21. The molecule has 1 N–H and O–H groups in total. The topological polar surface area (TPSA) is 48.7 Å². The third-order valence-electron chi connectivity index (χ3n) is 4.44. The number of amides is 1. The Hall–Kier alpha value is -1.79. The second-order valence-corrected chi connectivity index (χ2v) is 6.76. The Morgan fingerprint density at radius 1 is 1.21 bits per heavy atom. The van der Waals surface area contributed by atoms with Gasteiger partial charge in [0.25, 0.3) is 5.91 Å². The molecule has 2 heterocycles. The van der Waals surface area contributed by atoms with Crippen molar-refractivity contribution < 1.29 is 9.21 Å². The summed E-state index contributed by atoms with van der Waals surface area (Å²) in [6, 6.07) is 9.53. The van der Waals surface area contributed by atoms with Crippen LogP contribution in [0.15, 0.2) is 39.4 Å². The van der Waals surface area contributed by atoms with Crippen LogP contribution in [0.5, 0.6) is 0 Å².